The maximum atomic E-state index is 13.6. The zero-order valence-corrected chi connectivity index (χ0v) is 11.3. The molecule has 20 heavy (non-hydrogen) atoms. The summed E-state index contributed by atoms with van der Waals surface area (Å²) in [7, 11) is 0. The smallest absolute Gasteiger partial charge is 0.227 e. The summed E-state index contributed by atoms with van der Waals surface area (Å²) in [6.07, 6.45) is 1.66. The monoisotopic (exact) mass is 287 g/mol. The first kappa shape index (κ1) is 12.9. The average Bonchev–Trinajstić information content (AvgIpc) is 2.50. The molecule has 1 aromatic heterocycles. The first-order chi connectivity index (χ1) is 9.79. The molecule has 0 aliphatic carbocycles. The van der Waals surface area contributed by atoms with Crippen LogP contribution in [0, 0.1) is 5.82 Å². The summed E-state index contributed by atoms with van der Waals surface area (Å²) in [4.78, 5) is 4.24. The number of pyridine rings is 1. The van der Waals surface area contributed by atoms with Crippen molar-refractivity contribution in [3.63, 3.8) is 0 Å². The van der Waals surface area contributed by atoms with Gasteiger partial charge in [0.15, 0.2) is 11.6 Å². The summed E-state index contributed by atoms with van der Waals surface area (Å²) < 4.78 is 19.2. The van der Waals surface area contributed by atoms with Gasteiger partial charge in [0.1, 0.15) is 0 Å². The number of alkyl halides is 1. The van der Waals surface area contributed by atoms with E-state index >= 15 is 0 Å². The first-order valence-electron chi connectivity index (χ1n) is 6.14. The van der Waals surface area contributed by atoms with Crippen LogP contribution in [0.4, 0.5) is 4.39 Å². The molecule has 0 fully saturated rings. The Bertz CT molecular complexity index is 760. The molecule has 3 rings (SSSR count). The van der Waals surface area contributed by atoms with E-state index in [4.69, 9.17) is 16.3 Å². The van der Waals surface area contributed by atoms with Crippen LogP contribution in [-0.2, 0) is 5.88 Å². The Balaban J connectivity index is 2.11. The zero-order valence-electron chi connectivity index (χ0n) is 10.5. The minimum Gasteiger partial charge on any atom is -0.435 e. The molecule has 3 aromatic rings. The van der Waals surface area contributed by atoms with E-state index in [9.17, 15) is 4.39 Å². The maximum Gasteiger partial charge on any atom is 0.227 e. The van der Waals surface area contributed by atoms with Crippen molar-refractivity contribution in [2.45, 2.75) is 5.88 Å². The molecule has 0 saturated carbocycles. The summed E-state index contributed by atoms with van der Waals surface area (Å²) >= 11 is 5.90. The summed E-state index contributed by atoms with van der Waals surface area (Å²) in [5, 5.41) is 1.78. The third-order valence-electron chi connectivity index (χ3n) is 3.03. The molecular formula is C16H11ClFNO. The van der Waals surface area contributed by atoms with Gasteiger partial charge in [0.25, 0.3) is 0 Å². The van der Waals surface area contributed by atoms with Crippen molar-refractivity contribution in [1.82, 2.24) is 4.98 Å². The minimum absolute atomic E-state index is 0.156. The number of para-hydroxylation sites is 1. The fraction of sp³-hybridized carbons (Fsp3) is 0.0625. The van der Waals surface area contributed by atoms with Gasteiger partial charge in [0, 0.05) is 17.5 Å². The topological polar surface area (TPSA) is 22.1 Å². The highest BCUT2D eigenvalue weighted by molar-refractivity contribution is 6.18. The van der Waals surface area contributed by atoms with E-state index in [2.05, 4.69) is 4.98 Å². The Hall–Kier alpha value is -2.13. The van der Waals surface area contributed by atoms with Crippen LogP contribution >= 0.6 is 11.6 Å². The highest BCUT2D eigenvalue weighted by atomic mass is 35.5. The molecule has 0 aliphatic heterocycles. The molecule has 100 valence electrons. The highest BCUT2D eigenvalue weighted by Gasteiger charge is 2.10. The van der Waals surface area contributed by atoms with Crippen molar-refractivity contribution in [3.05, 3.63) is 66.1 Å². The molecule has 0 spiro atoms. The Morgan fingerprint density at radius 2 is 1.70 bits per heavy atom. The Morgan fingerprint density at radius 3 is 2.45 bits per heavy atom. The molecule has 0 radical (unpaired) electrons. The van der Waals surface area contributed by atoms with Gasteiger partial charge in [-0.2, -0.15) is 0 Å². The van der Waals surface area contributed by atoms with Crippen LogP contribution < -0.4 is 4.74 Å². The zero-order chi connectivity index (χ0) is 13.9. The van der Waals surface area contributed by atoms with Crippen molar-refractivity contribution in [3.8, 4) is 11.6 Å². The molecule has 4 heteroatoms. The number of benzene rings is 2. The number of hydrogen-bond acceptors (Lipinski definition) is 2. The van der Waals surface area contributed by atoms with E-state index in [1.807, 2.05) is 24.3 Å². The molecule has 0 bridgehead atoms. The molecule has 1 heterocycles. The second kappa shape index (κ2) is 5.47. The number of halogens is 2. The molecule has 2 aromatic carbocycles. The Kier molecular flexibility index (Phi) is 3.52. The number of rotatable bonds is 3. The van der Waals surface area contributed by atoms with E-state index < -0.39 is 5.82 Å². The number of hydrogen-bond donors (Lipinski definition) is 0. The average molecular weight is 288 g/mol. The van der Waals surface area contributed by atoms with Crippen molar-refractivity contribution < 1.29 is 9.13 Å². The van der Waals surface area contributed by atoms with Crippen LogP contribution in [-0.4, -0.2) is 4.98 Å². The van der Waals surface area contributed by atoms with Gasteiger partial charge in [-0.3, -0.25) is 0 Å². The molecule has 0 unspecified atom stereocenters. The van der Waals surface area contributed by atoms with E-state index in [0.29, 0.717) is 11.8 Å². The molecule has 0 amide bonds. The van der Waals surface area contributed by atoms with Crippen LogP contribution in [0.5, 0.6) is 11.6 Å². The van der Waals surface area contributed by atoms with Gasteiger partial charge in [0.2, 0.25) is 5.88 Å². The van der Waals surface area contributed by atoms with Gasteiger partial charge in [-0.25, -0.2) is 9.37 Å². The standard InChI is InChI=1S/C16H11ClFNO/c17-9-11-10-19-16(13-6-2-1-5-12(11)13)20-15-8-4-3-7-14(15)18/h1-8,10H,9H2. The molecule has 0 N–H and O–H groups in total. The summed E-state index contributed by atoms with van der Waals surface area (Å²) in [5.74, 6) is 0.483. The van der Waals surface area contributed by atoms with Gasteiger partial charge in [-0.15, -0.1) is 11.6 Å². The predicted octanol–water partition coefficient (Wildman–Crippen LogP) is 4.91. The summed E-state index contributed by atoms with van der Waals surface area (Å²) in [6.45, 7) is 0. The van der Waals surface area contributed by atoms with Gasteiger partial charge < -0.3 is 4.74 Å². The minimum atomic E-state index is -0.417. The fourth-order valence-electron chi connectivity index (χ4n) is 2.04. The van der Waals surface area contributed by atoms with Crippen LogP contribution in [0.2, 0.25) is 0 Å². The number of fused-ring (bicyclic) bond motifs is 1. The van der Waals surface area contributed by atoms with Crippen molar-refractivity contribution >= 4 is 22.4 Å². The van der Waals surface area contributed by atoms with Crippen molar-refractivity contribution in [1.29, 1.82) is 0 Å². The third-order valence-corrected chi connectivity index (χ3v) is 3.32. The lowest BCUT2D eigenvalue weighted by Crippen LogP contribution is -1.94. The SMILES string of the molecule is Fc1ccccc1Oc1ncc(CCl)c2ccccc12. The van der Waals surface area contributed by atoms with E-state index in [-0.39, 0.29) is 5.75 Å². The number of ether oxygens (including phenoxy) is 1. The van der Waals surface area contributed by atoms with Gasteiger partial charge in [0.05, 0.1) is 0 Å². The second-order valence-corrected chi connectivity index (χ2v) is 4.57. The van der Waals surface area contributed by atoms with Crippen LogP contribution in [0.1, 0.15) is 5.56 Å². The molecule has 2 nitrogen and oxygen atoms in total. The molecular weight excluding hydrogens is 277 g/mol. The van der Waals surface area contributed by atoms with Crippen LogP contribution in [0.3, 0.4) is 0 Å². The first-order valence-corrected chi connectivity index (χ1v) is 6.68. The van der Waals surface area contributed by atoms with Crippen LogP contribution in [0.25, 0.3) is 10.8 Å². The molecule has 0 atom stereocenters. The molecule has 0 aliphatic rings. The number of aromatic nitrogens is 1. The second-order valence-electron chi connectivity index (χ2n) is 4.30. The fourth-order valence-corrected chi connectivity index (χ4v) is 2.26. The normalized spacial score (nSPS) is 10.7. The highest BCUT2D eigenvalue weighted by Crippen LogP contribution is 2.31. The van der Waals surface area contributed by atoms with Gasteiger partial charge >= 0.3 is 0 Å². The Labute approximate surface area is 120 Å². The van der Waals surface area contributed by atoms with Gasteiger partial charge in [-0.05, 0) is 29.1 Å². The summed E-state index contributed by atoms with van der Waals surface area (Å²) in [5.41, 5.74) is 0.920. The van der Waals surface area contributed by atoms with Gasteiger partial charge in [-0.1, -0.05) is 30.3 Å². The lowest BCUT2D eigenvalue weighted by molar-refractivity contribution is 0.432. The van der Waals surface area contributed by atoms with Crippen molar-refractivity contribution in [2.75, 3.05) is 0 Å². The quantitative estimate of drug-likeness (QED) is 0.639. The maximum absolute atomic E-state index is 13.6. The van der Waals surface area contributed by atoms with Crippen molar-refractivity contribution in [2.24, 2.45) is 0 Å². The van der Waals surface area contributed by atoms with E-state index in [1.165, 1.54) is 6.07 Å². The molecule has 0 saturated heterocycles. The third kappa shape index (κ3) is 2.32. The largest absolute Gasteiger partial charge is 0.435 e. The lowest BCUT2D eigenvalue weighted by atomic mass is 10.1. The number of nitrogens with zero attached hydrogens (tertiary/aromatic N) is 1. The van der Waals surface area contributed by atoms with Crippen LogP contribution in [0.15, 0.2) is 54.7 Å². The van der Waals surface area contributed by atoms with E-state index in [1.54, 1.807) is 24.4 Å². The summed E-state index contributed by atoms with van der Waals surface area (Å²) in [6, 6.07) is 13.9. The lowest BCUT2D eigenvalue weighted by Gasteiger charge is -2.10. The van der Waals surface area contributed by atoms with E-state index in [0.717, 1.165) is 16.3 Å². The Morgan fingerprint density at radius 1 is 1.00 bits per heavy atom. The predicted molar refractivity (Wildman–Crippen MR) is 77.8 cm³/mol.